The van der Waals surface area contributed by atoms with E-state index in [1.807, 2.05) is 34.8 Å². The van der Waals surface area contributed by atoms with Gasteiger partial charge in [0.05, 0.1) is 0 Å². The summed E-state index contributed by atoms with van der Waals surface area (Å²) in [6.45, 7) is 1.40. The smallest absolute Gasteiger partial charge is 0.270 e. The SMILES string of the molecule is Cn1cccc1C(=O)N1CCCCC1CN. The molecule has 4 heteroatoms. The Bertz CT molecular complexity index is 372. The third-order valence-corrected chi connectivity index (χ3v) is 3.32. The number of aryl methyl sites for hydroxylation is 1. The van der Waals surface area contributed by atoms with Crippen molar-refractivity contribution in [3.63, 3.8) is 0 Å². The minimum Gasteiger partial charge on any atom is -0.347 e. The number of rotatable bonds is 2. The molecule has 2 heterocycles. The monoisotopic (exact) mass is 221 g/mol. The zero-order valence-electron chi connectivity index (χ0n) is 9.72. The topological polar surface area (TPSA) is 51.3 Å². The first kappa shape index (κ1) is 11.2. The predicted octanol–water partition coefficient (Wildman–Crippen LogP) is 0.979. The highest BCUT2D eigenvalue weighted by molar-refractivity contribution is 5.93. The van der Waals surface area contributed by atoms with Crippen molar-refractivity contribution in [2.75, 3.05) is 13.1 Å². The maximum atomic E-state index is 12.3. The Morgan fingerprint density at radius 3 is 3.00 bits per heavy atom. The summed E-state index contributed by atoms with van der Waals surface area (Å²) in [4.78, 5) is 14.2. The number of amides is 1. The van der Waals surface area contributed by atoms with Crippen LogP contribution >= 0.6 is 0 Å². The van der Waals surface area contributed by atoms with E-state index in [2.05, 4.69) is 0 Å². The average molecular weight is 221 g/mol. The summed E-state index contributed by atoms with van der Waals surface area (Å²) < 4.78 is 1.87. The zero-order chi connectivity index (χ0) is 11.5. The molecule has 1 fully saturated rings. The molecule has 1 atom stereocenters. The normalized spacial score (nSPS) is 21.1. The highest BCUT2D eigenvalue weighted by atomic mass is 16.2. The van der Waals surface area contributed by atoms with Crippen LogP contribution in [-0.4, -0.2) is 34.5 Å². The number of carbonyl (C=O) groups is 1. The fraction of sp³-hybridized carbons (Fsp3) is 0.583. The van der Waals surface area contributed by atoms with Gasteiger partial charge in [-0.2, -0.15) is 0 Å². The van der Waals surface area contributed by atoms with E-state index in [0.29, 0.717) is 6.54 Å². The van der Waals surface area contributed by atoms with Crippen LogP contribution in [0.1, 0.15) is 29.8 Å². The summed E-state index contributed by atoms with van der Waals surface area (Å²) in [6.07, 6.45) is 5.20. The molecule has 1 unspecified atom stereocenters. The molecule has 1 aliphatic rings. The van der Waals surface area contributed by atoms with Crippen molar-refractivity contribution >= 4 is 5.91 Å². The second-order valence-electron chi connectivity index (χ2n) is 4.39. The molecule has 0 spiro atoms. The van der Waals surface area contributed by atoms with Crippen LogP contribution in [0.2, 0.25) is 0 Å². The maximum Gasteiger partial charge on any atom is 0.270 e. The molecule has 1 aromatic heterocycles. The van der Waals surface area contributed by atoms with E-state index in [1.54, 1.807) is 0 Å². The number of piperidine rings is 1. The molecule has 1 aliphatic heterocycles. The second-order valence-corrected chi connectivity index (χ2v) is 4.39. The largest absolute Gasteiger partial charge is 0.347 e. The van der Waals surface area contributed by atoms with Crippen LogP contribution in [0.15, 0.2) is 18.3 Å². The van der Waals surface area contributed by atoms with Crippen LogP contribution in [0.4, 0.5) is 0 Å². The van der Waals surface area contributed by atoms with Gasteiger partial charge in [-0.1, -0.05) is 0 Å². The molecule has 2 rings (SSSR count). The van der Waals surface area contributed by atoms with Crippen molar-refractivity contribution < 1.29 is 4.79 Å². The Balaban J connectivity index is 2.17. The summed E-state index contributed by atoms with van der Waals surface area (Å²) in [5, 5.41) is 0. The van der Waals surface area contributed by atoms with Crippen molar-refractivity contribution in [2.45, 2.75) is 25.3 Å². The Morgan fingerprint density at radius 1 is 1.56 bits per heavy atom. The first-order valence-corrected chi connectivity index (χ1v) is 5.86. The fourth-order valence-corrected chi connectivity index (χ4v) is 2.34. The predicted molar refractivity (Wildman–Crippen MR) is 63.1 cm³/mol. The summed E-state index contributed by atoms with van der Waals surface area (Å²) >= 11 is 0. The Kier molecular flexibility index (Phi) is 3.29. The number of aromatic nitrogens is 1. The minimum atomic E-state index is 0.114. The summed E-state index contributed by atoms with van der Waals surface area (Å²) in [6, 6.07) is 3.98. The fourth-order valence-electron chi connectivity index (χ4n) is 2.34. The van der Waals surface area contributed by atoms with Gasteiger partial charge in [0.15, 0.2) is 0 Å². The van der Waals surface area contributed by atoms with Gasteiger partial charge >= 0.3 is 0 Å². The van der Waals surface area contributed by atoms with Crippen molar-refractivity contribution in [1.82, 2.24) is 9.47 Å². The summed E-state index contributed by atoms with van der Waals surface area (Å²) in [5.41, 5.74) is 6.47. The van der Waals surface area contributed by atoms with Crippen LogP contribution in [0.5, 0.6) is 0 Å². The lowest BCUT2D eigenvalue weighted by molar-refractivity contribution is 0.0613. The van der Waals surface area contributed by atoms with E-state index in [-0.39, 0.29) is 11.9 Å². The van der Waals surface area contributed by atoms with Gasteiger partial charge in [0, 0.05) is 32.4 Å². The molecule has 1 saturated heterocycles. The van der Waals surface area contributed by atoms with Gasteiger partial charge in [-0.3, -0.25) is 4.79 Å². The minimum absolute atomic E-state index is 0.114. The molecule has 4 nitrogen and oxygen atoms in total. The van der Waals surface area contributed by atoms with Crippen LogP contribution in [0, 0.1) is 0 Å². The van der Waals surface area contributed by atoms with E-state index < -0.39 is 0 Å². The standard InChI is InChI=1S/C12H19N3O/c1-14-7-4-6-11(14)12(16)15-8-3-2-5-10(15)9-13/h4,6-7,10H,2-3,5,8-9,13H2,1H3. The molecule has 0 radical (unpaired) electrons. The molecule has 1 amide bonds. The maximum absolute atomic E-state index is 12.3. The van der Waals surface area contributed by atoms with E-state index in [1.165, 1.54) is 6.42 Å². The highest BCUT2D eigenvalue weighted by Crippen LogP contribution is 2.18. The lowest BCUT2D eigenvalue weighted by Gasteiger charge is -2.35. The first-order valence-electron chi connectivity index (χ1n) is 5.86. The number of nitrogens with two attached hydrogens (primary N) is 1. The quantitative estimate of drug-likeness (QED) is 0.809. The lowest BCUT2D eigenvalue weighted by atomic mass is 10.0. The van der Waals surface area contributed by atoms with Gasteiger partial charge in [0.1, 0.15) is 5.69 Å². The Labute approximate surface area is 96.0 Å². The van der Waals surface area contributed by atoms with Gasteiger partial charge in [0.2, 0.25) is 0 Å². The molecule has 0 aliphatic carbocycles. The van der Waals surface area contributed by atoms with Crippen molar-refractivity contribution in [1.29, 1.82) is 0 Å². The molecular weight excluding hydrogens is 202 g/mol. The highest BCUT2D eigenvalue weighted by Gasteiger charge is 2.27. The number of hydrogen-bond donors (Lipinski definition) is 1. The third kappa shape index (κ3) is 1.97. The number of carbonyl (C=O) groups excluding carboxylic acids is 1. The summed E-state index contributed by atoms with van der Waals surface area (Å²) in [5.74, 6) is 0.114. The van der Waals surface area contributed by atoms with Crippen molar-refractivity contribution in [3.05, 3.63) is 24.0 Å². The molecule has 16 heavy (non-hydrogen) atoms. The summed E-state index contributed by atoms with van der Waals surface area (Å²) in [7, 11) is 1.90. The van der Waals surface area contributed by atoms with Crippen molar-refractivity contribution in [3.8, 4) is 0 Å². The molecule has 0 bridgehead atoms. The van der Waals surface area contributed by atoms with Crippen LogP contribution in [-0.2, 0) is 7.05 Å². The van der Waals surface area contributed by atoms with E-state index >= 15 is 0 Å². The molecule has 1 aromatic rings. The van der Waals surface area contributed by atoms with Gasteiger partial charge in [-0.25, -0.2) is 0 Å². The molecule has 2 N–H and O–H groups in total. The zero-order valence-corrected chi connectivity index (χ0v) is 9.72. The van der Waals surface area contributed by atoms with Crippen LogP contribution < -0.4 is 5.73 Å². The molecular formula is C12H19N3O. The van der Waals surface area contributed by atoms with Crippen LogP contribution in [0.25, 0.3) is 0 Å². The average Bonchev–Trinajstić information content (AvgIpc) is 2.74. The van der Waals surface area contributed by atoms with Gasteiger partial charge < -0.3 is 15.2 Å². The van der Waals surface area contributed by atoms with E-state index in [9.17, 15) is 4.79 Å². The van der Waals surface area contributed by atoms with Crippen LogP contribution in [0.3, 0.4) is 0 Å². The molecule has 0 aromatic carbocycles. The number of hydrogen-bond acceptors (Lipinski definition) is 2. The van der Waals surface area contributed by atoms with E-state index in [0.717, 1.165) is 25.1 Å². The Hall–Kier alpha value is -1.29. The Morgan fingerprint density at radius 2 is 2.38 bits per heavy atom. The number of likely N-dealkylation sites (tertiary alicyclic amines) is 1. The van der Waals surface area contributed by atoms with Gasteiger partial charge in [-0.15, -0.1) is 0 Å². The van der Waals surface area contributed by atoms with Gasteiger partial charge in [0.25, 0.3) is 5.91 Å². The third-order valence-electron chi connectivity index (χ3n) is 3.32. The molecule has 88 valence electrons. The first-order chi connectivity index (χ1) is 7.74. The lowest BCUT2D eigenvalue weighted by Crippen LogP contribution is -2.47. The van der Waals surface area contributed by atoms with E-state index in [4.69, 9.17) is 5.73 Å². The van der Waals surface area contributed by atoms with Crippen molar-refractivity contribution in [2.24, 2.45) is 12.8 Å². The molecule has 0 saturated carbocycles. The number of nitrogens with zero attached hydrogens (tertiary/aromatic N) is 2. The second kappa shape index (κ2) is 4.70. The van der Waals surface area contributed by atoms with Gasteiger partial charge in [-0.05, 0) is 31.4 Å².